The predicted octanol–water partition coefficient (Wildman–Crippen LogP) is 3.19. The molecule has 4 rings (SSSR count). The maximum absolute atomic E-state index is 12.8. The molecule has 0 radical (unpaired) electrons. The third-order valence-electron chi connectivity index (χ3n) is 4.77. The summed E-state index contributed by atoms with van der Waals surface area (Å²) in [5.41, 5.74) is 2.36. The number of carbonyl (C=O) groups excluding carboxylic acids is 2. The summed E-state index contributed by atoms with van der Waals surface area (Å²) in [6, 6.07) is 17.6. The maximum Gasteiger partial charge on any atom is 0.264 e. The molecule has 1 fully saturated rings. The minimum Gasteiger partial charge on any atom is -0.325 e. The van der Waals surface area contributed by atoms with E-state index >= 15 is 0 Å². The molecule has 1 aromatic heterocycles. The molecule has 2 heterocycles. The second-order valence-electron chi connectivity index (χ2n) is 6.66. The number of rotatable bonds is 4. The smallest absolute Gasteiger partial charge is 0.264 e. The summed E-state index contributed by atoms with van der Waals surface area (Å²) >= 11 is 3.46. The van der Waals surface area contributed by atoms with Crippen molar-refractivity contribution in [2.45, 2.75) is 6.42 Å². The van der Waals surface area contributed by atoms with Gasteiger partial charge in [0.25, 0.3) is 5.56 Å². The van der Waals surface area contributed by atoms with Crippen molar-refractivity contribution in [2.75, 3.05) is 16.8 Å². The summed E-state index contributed by atoms with van der Waals surface area (Å²) in [7, 11) is 0. The lowest BCUT2D eigenvalue weighted by Gasteiger charge is -2.18. The lowest BCUT2D eigenvalue weighted by atomic mass is 10.1. The Kier molecular flexibility index (Phi) is 5.26. The zero-order valence-corrected chi connectivity index (χ0v) is 16.8. The number of benzene rings is 2. The average molecular weight is 453 g/mol. The first-order valence-corrected chi connectivity index (χ1v) is 9.85. The molecule has 29 heavy (non-hydrogen) atoms. The van der Waals surface area contributed by atoms with Crippen molar-refractivity contribution in [3.63, 3.8) is 0 Å². The van der Waals surface area contributed by atoms with Crippen LogP contribution in [-0.4, -0.2) is 28.6 Å². The fraction of sp³-hybridized carbons (Fsp3) is 0.143. The van der Waals surface area contributed by atoms with Crippen LogP contribution < -0.4 is 15.8 Å². The molecule has 2 aromatic carbocycles. The molecule has 8 heteroatoms. The molecule has 3 aromatic rings. The van der Waals surface area contributed by atoms with Crippen molar-refractivity contribution in [3.8, 4) is 11.3 Å². The van der Waals surface area contributed by atoms with Crippen LogP contribution >= 0.6 is 15.9 Å². The average Bonchev–Trinajstić information content (AvgIpc) is 3.10. The first-order valence-electron chi connectivity index (χ1n) is 9.06. The Hall–Kier alpha value is -3.26. The quantitative estimate of drug-likeness (QED) is 0.594. The molecular formula is C21H17BrN4O3. The number of amides is 2. The van der Waals surface area contributed by atoms with E-state index < -0.39 is 5.92 Å². The number of carbonyl (C=O) groups is 2. The Labute approximate surface area is 174 Å². The molecule has 1 atom stereocenters. The van der Waals surface area contributed by atoms with E-state index in [4.69, 9.17) is 0 Å². The summed E-state index contributed by atoms with van der Waals surface area (Å²) in [6.45, 7) is 0.487. The van der Waals surface area contributed by atoms with Gasteiger partial charge in [0, 0.05) is 28.3 Å². The van der Waals surface area contributed by atoms with Gasteiger partial charge >= 0.3 is 0 Å². The monoisotopic (exact) mass is 452 g/mol. The molecular weight excluding hydrogens is 436 g/mol. The molecule has 2 amide bonds. The molecule has 1 unspecified atom stereocenters. The summed E-state index contributed by atoms with van der Waals surface area (Å²) in [5, 5.41) is 9.21. The van der Waals surface area contributed by atoms with E-state index in [-0.39, 0.29) is 17.4 Å². The van der Waals surface area contributed by atoms with Gasteiger partial charge in [0.2, 0.25) is 11.8 Å². The minimum absolute atomic E-state index is 0.215. The number of aromatic nitrogens is 2. The molecule has 2 N–H and O–H groups in total. The predicted molar refractivity (Wildman–Crippen MR) is 114 cm³/mol. The van der Waals surface area contributed by atoms with E-state index in [0.29, 0.717) is 24.3 Å². The SMILES string of the molecule is O=C(Nc1cccc(-c2ccc(=O)[nH]n2)c1)C1CCN(c2ccccc2Br)C1=O. The van der Waals surface area contributed by atoms with Crippen LogP contribution in [0.25, 0.3) is 11.3 Å². The number of H-pyrrole nitrogens is 1. The second-order valence-corrected chi connectivity index (χ2v) is 7.51. The Morgan fingerprint density at radius 3 is 2.69 bits per heavy atom. The van der Waals surface area contributed by atoms with Gasteiger partial charge in [-0.3, -0.25) is 14.4 Å². The lowest BCUT2D eigenvalue weighted by Crippen LogP contribution is -2.33. The molecule has 7 nitrogen and oxygen atoms in total. The molecule has 1 aliphatic heterocycles. The van der Waals surface area contributed by atoms with E-state index in [1.54, 1.807) is 29.2 Å². The van der Waals surface area contributed by atoms with Gasteiger partial charge in [-0.1, -0.05) is 24.3 Å². The van der Waals surface area contributed by atoms with Gasteiger partial charge < -0.3 is 10.2 Å². The molecule has 146 valence electrons. The molecule has 1 saturated heterocycles. The van der Waals surface area contributed by atoms with Crippen molar-refractivity contribution >= 4 is 39.1 Å². The van der Waals surface area contributed by atoms with Gasteiger partial charge in [-0.05, 0) is 52.7 Å². The van der Waals surface area contributed by atoms with Crippen LogP contribution in [0.4, 0.5) is 11.4 Å². The molecule has 0 aliphatic carbocycles. The van der Waals surface area contributed by atoms with Crippen molar-refractivity contribution in [1.82, 2.24) is 10.2 Å². The van der Waals surface area contributed by atoms with Gasteiger partial charge in [0.05, 0.1) is 11.4 Å². The normalized spacial score (nSPS) is 16.1. The van der Waals surface area contributed by atoms with Crippen LogP contribution in [0, 0.1) is 5.92 Å². The topological polar surface area (TPSA) is 95.2 Å². The van der Waals surface area contributed by atoms with E-state index in [9.17, 15) is 14.4 Å². The second kappa shape index (κ2) is 8.00. The van der Waals surface area contributed by atoms with Crippen LogP contribution in [-0.2, 0) is 9.59 Å². The van der Waals surface area contributed by atoms with Crippen LogP contribution in [0.3, 0.4) is 0 Å². The Morgan fingerprint density at radius 2 is 1.93 bits per heavy atom. The highest BCUT2D eigenvalue weighted by Crippen LogP contribution is 2.32. The van der Waals surface area contributed by atoms with Gasteiger partial charge in [-0.15, -0.1) is 0 Å². The largest absolute Gasteiger partial charge is 0.325 e. The van der Waals surface area contributed by atoms with E-state index in [2.05, 4.69) is 31.4 Å². The highest BCUT2D eigenvalue weighted by molar-refractivity contribution is 9.10. The first kappa shape index (κ1) is 19.1. The number of hydrogen-bond donors (Lipinski definition) is 2. The minimum atomic E-state index is -0.739. The van der Waals surface area contributed by atoms with E-state index in [0.717, 1.165) is 15.7 Å². The fourth-order valence-electron chi connectivity index (χ4n) is 3.32. The molecule has 0 spiro atoms. The van der Waals surface area contributed by atoms with E-state index in [1.165, 1.54) is 6.07 Å². The van der Waals surface area contributed by atoms with E-state index in [1.807, 2.05) is 30.3 Å². The number of aromatic amines is 1. The highest BCUT2D eigenvalue weighted by atomic mass is 79.9. The highest BCUT2D eigenvalue weighted by Gasteiger charge is 2.38. The first-order chi connectivity index (χ1) is 14.0. The third-order valence-corrected chi connectivity index (χ3v) is 5.44. The zero-order chi connectivity index (χ0) is 20.4. The summed E-state index contributed by atoms with van der Waals surface area (Å²) in [5.74, 6) is -1.29. The number of nitrogens with zero attached hydrogens (tertiary/aromatic N) is 2. The van der Waals surface area contributed by atoms with Crippen molar-refractivity contribution < 1.29 is 9.59 Å². The number of hydrogen-bond acceptors (Lipinski definition) is 4. The number of nitrogens with one attached hydrogen (secondary N) is 2. The van der Waals surface area contributed by atoms with Crippen molar-refractivity contribution in [2.24, 2.45) is 5.92 Å². The maximum atomic E-state index is 12.8. The lowest BCUT2D eigenvalue weighted by molar-refractivity contribution is -0.129. The zero-order valence-electron chi connectivity index (χ0n) is 15.3. The van der Waals surface area contributed by atoms with Gasteiger partial charge in [-0.25, -0.2) is 5.10 Å². The Bertz CT molecular complexity index is 1120. The van der Waals surface area contributed by atoms with Crippen LogP contribution in [0.1, 0.15) is 6.42 Å². The summed E-state index contributed by atoms with van der Waals surface area (Å²) in [6.07, 6.45) is 0.452. The fourth-order valence-corrected chi connectivity index (χ4v) is 3.82. The number of para-hydroxylation sites is 1. The van der Waals surface area contributed by atoms with Crippen LogP contribution in [0.2, 0.25) is 0 Å². The number of halogens is 1. The Morgan fingerprint density at radius 1 is 1.10 bits per heavy atom. The van der Waals surface area contributed by atoms with Gasteiger partial charge in [-0.2, -0.15) is 5.10 Å². The standard InChI is InChI=1S/C21H17BrN4O3/c22-16-6-1-2-7-18(16)26-11-10-15(21(26)29)20(28)23-14-5-3-4-13(12-14)17-8-9-19(27)25-24-17/h1-9,12,15H,10-11H2,(H,23,28)(H,25,27). The van der Waals surface area contributed by atoms with Crippen molar-refractivity contribution in [1.29, 1.82) is 0 Å². The molecule has 0 saturated carbocycles. The molecule has 1 aliphatic rings. The molecule has 0 bridgehead atoms. The summed E-state index contributed by atoms with van der Waals surface area (Å²) < 4.78 is 0.815. The van der Waals surface area contributed by atoms with Crippen LogP contribution in [0.5, 0.6) is 0 Å². The third kappa shape index (κ3) is 3.97. The van der Waals surface area contributed by atoms with Gasteiger partial charge in [0.1, 0.15) is 5.92 Å². The van der Waals surface area contributed by atoms with Gasteiger partial charge in [0.15, 0.2) is 0 Å². The number of anilines is 2. The Balaban J connectivity index is 1.49. The summed E-state index contributed by atoms with van der Waals surface area (Å²) in [4.78, 5) is 38.4. The van der Waals surface area contributed by atoms with Crippen LogP contribution in [0.15, 0.2) is 69.9 Å². The van der Waals surface area contributed by atoms with Crippen molar-refractivity contribution in [3.05, 3.63) is 75.5 Å².